The van der Waals surface area contributed by atoms with E-state index in [1.165, 1.54) is 0 Å². The highest BCUT2D eigenvalue weighted by atomic mass is 16.6. The van der Waals surface area contributed by atoms with E-state index in [0.717, 1.165) is 39.1 Å². The number of aromatic nitrogens is 1. The molecule has 1 aromatic rings. The number of nitrogens with zero attached hydrogens (tertiary/aromatic N) is 3. The SMILES string of the molecule is Cc1ccnc(N2CC(NC3CCOCC3)C2)c1[N+](=O)[O-]. The van der Waals surface area contributed by atoms with Crippen LogP contribution in [0, 0.1) is 17.0 Å². The monoisotopic (exact) mass is 292 g/mol. The number of aryl methyl sites for hydroxylation is 1. The summed E-state index contributed by atoms with van der Waals surface area (Å²) >= 11 is 0. The average molecular weight is 292 g/mol. The highest BCUT2D eigenvalue weighted by Gasteiger charge is 2.34. The Labute approximate surface area is 123 Å². The molecule has 0 unspecified atom stereocenters. The van der Waals surface area contributed by atoms with Crippen LogP contribution in [-0.2, 0) is 4.74 Å². The summed E-state index contributed by atoms with van der Waals surface area (Å²) in [5.41, 5.74) is 0.785. The van der Waals surface area contributed by atoms with Crippen molar-refractivity contribution in [2.75, 3.05) is 31.2 Å². The van der Waals surface area contributed by atoms with E-state index in [2.05, 4.69) is 10.3 Å². The molecular formula is C14H20N4O3. The zero-order valence-corrected chi connectivity index (χ0v) is 12.1. The molecule has 0 amide bonds. The molecule has 0 spiro atoms. The molecule has 0 bridgehead atoms. The van der Waals surface area contributed by atoms with Crippen LogP contribution in [0.1, 0.15) is 18.4 Å². The number of hydrogen-bond donors (Lipinski definition) is 1. The minimum Gasteiger partial charge on any atom is -0.381 e. The molecule has 7 heteroatoms. The second-order valence-corrected chi connectivity index (χ2v) is 5.71. The van der Waals surface area contributed by atoms with Gasteiger partial charge < -0.3 is 15.0 Å². The minimum absolute atomic E-state index is 0.127. The topological polar surface area (TPSA) is 80.5 Å². The molecule has 0 radical (unpaired) electrons. The molecule has 1 N–H and O–H groups in total. The van der Waals surface area contributed by atoms with Crippen LogP contribution in [0.4, 0.5) is 11.5 Å². The summed E-state index contributed by atoms with van der Waals surface area (Å²) in [6.07, 6.45) is 3.72. The largest absolute Gasteiger partial charge is 0.381 e. The predicted molar refractivity (Wildman–Crippen MR) is 78.6 cm³/mol. The van der Waals surface area contributed by atoms with Crippen LogP contribution in [-0.4, -0.2) is 48.3 Å². The highest BCUT2D eigenvalue weighted by molar-refractivity contribution is 5.63. The van der Waals surface area contributed by atoms with Gasteiger partial charge >= 0.3 is 5.69 Å². The third kappa shape index (κ3) is 2.98. The van der Waals surface area contributed by atoms with Crippen molar-refractivity contribution in [1.82, 2.24) is 10.3 Å². The second-order valence-electron chi connectivity index (χ2n) is 5.71. The van der Waals surface area contributed by atoms with Crippen LogP contribution in [0.25, 0.3) is 0 Å². The van der Waals surface area contributed by atoms with Gasteiger partial charge in [0.1, 0.15) is 0 Å². The molecular weight excluding hydrogens is 272 g/mol. The summed E-state index contributed by atoms with van der Waals surface area (Å²) < 4.78 is 5.34. The molecule has 3 heterocycles. The molecule has 3 rings (SSSR count). The molecule has 0 saturated carbocycles. The van der Waals surface area contributed by atoms with E-state index in [4.69, 9.17) is 4.74 Å². The Hall–Kier alpha value is -1.73. The van der Waals surface area contributed by atoms with Gasteiger partial charge in [0.05, 0.1) is 4.92 Å². The second kappa shape index (κ2) is 5.95. The molecule has 2 aliphatic heterocycles. The van der Waals surface area contributed by atoms with E-state index in [0.29, 0.717) is 23.5 Å². The van der Waals surface area contributed by atoms with E-state index in [-0.39, 0.29) is 10.6 Å². The maximum atomic E-state index is 11.2. The first-order chi connectivity index (χ1) is 10.1. The third-order valence-corrected chi connectivity index (χ3v) is 4.16. The standard InChI is InChI=1S/C14H20N4O3/c1-10-2-5-15-14(13(10)18(19)20)17-8-12(9-17)16-11-3-6-21-7-4-11/h2,5,11-12,16H,3-4,6-9H2,1H3. The Bertz CT molecular complexity index is 525. The zero-order chi connectivity index (χ0) is 14.8. The molecule has 2 fully saturated rings. The third-order valence-electron chi connectivity index (χ3n) is 4.16. The summed E-state index contributed by atoms with van der Waals surface area (Å²) in [6, 6.07) is 2.57. The zero-order valence-electron chi connectivity index (χ0n) is 12.1. The number of rotatable bonds is 4. The summed E-state index contributed by atoms with van der Waals surface area (Å²) in [5, 5.41) is 14.8. The van der Waals surface area contributed by atoms with Crippen molar-refractivity contribution in [2.45, 2.75) is 31.8 Å². The molecule has 1 aromatic heterocycles. The fraction of sp³-hybridized carbons (Fsp3) is 0.643. The van der Waals surface area contributed by atoms with Gasteiger partial charge in [-0.2, -0.15) is 0 Å². The lowest BCUT2D eigenvalue weighted by molar-refractivity contribution is -0.385. The first-order valence-corrected chi connectivity index (χ1v) is 7.34. The quantitative estimate of drug-likeness (QED) is 0.664. The van der Waals surface area contributed by atoms with Crippen molar-refractivity contribution in [2.24, 2.45) is 0 Å². The fourth-order valence-electron chi connectivity index (χ4n) is 2.95. The normalized spacial score (nSPS) is 20.3. The Morgan fingerprint density at radius 1 is 1.38 bits per heavy atom. The van der Waals surface area contributed by atoms with Crippen LogP contribution >= 0.6 is 0 Å². The number of ether oxygens (including phenoxy) is 1. The summed E-state index contributed by atoms with van der Waals surface area (Å²) in [4.78, 5) is 17.0. The van der Waals surface area contributed by atoms with Crippen LogP contribution in [0.15, 0.2) is 12.3 Å². The van der Waals surface area contributed by atoms with E-state index >= 15 is 0 Å². The molecule has 0 atom stereocenters. The van der Waals surface area contributed by atoms with Gasteiger partial charge in [0.25, 0.3) is 0 Å². The molecule has 114 valence electrons. The first kappa shape index (κ1) is 14.2. The molecule has 2 aliphatic rings. The highest BCUT2D eigenvalue weighted by Crippen LogP contribution is 2.31. The van der Waals surface area contributed by atoms with Crippen molar-refractivity contribution >= 4 is 11.5 Å². The molecule has 21 heavy (non-hydrogen) atoms. The van der Waals surface area contributed by atoms with E-state index in [9.17, 15) is 10.1 Å². The van der Waals surface area contributed by atoms with Gasteiger partial charge in [-0.05, 0) is 25.8 Å². The van der Waals surface area contributed by atoms with Gasteiger partial charge in [-0.15, -0.1) is 0 Å². The molecule has 2 saturated heterocycles. The number of nitro groups is 1. The molecule has 0 aromatic carbocycles. The summed E-state index contributed by atoms with van der Waals surface area (Å²) in [7, 11) is 0. The lowest BCUT2D eigenvalue weighted by atomic mass is 10.0. The van der Waals surface area contributed by atoms with Gasteiger partial charge in [-0.1, -0.05) is 0 Å². The Morgan fingerprint density at radius 3 is 2.76 bits per heavy atom. The van der Waals surface area contributed by atoms with Crippen LogP contribution in [0.3, 0.4) is 0 Å². The lowest BCUT2D eigenvalue weighted by Crippen LogP contribution is -2.61. The van der Waals surface area contributed by atoms with Gasteiger partial charge in [-0.25, -0.2) is 4.98 Å². The van der Waals surface area contributed by atoms with E-state index in [1.54, 1.807) is 19.2 Å². The van der Waals surface area contributed by atoms with Gasteiger partial charge in [0.15, 0.2) is 0 Å². The number of anilines is 1. The van der Waals surface area contributed by atoms with Gasteiger partial charge in [0.2, 0.25) is 5.82 Å². The maximum absolute atomic E-state index is 11.2. The van der Waals surface area contributed by atoms with Crippen molar-refractivity contribution < 1.29 is 9.66 Å². The average Bonchev–Trinajstić information content (AvgIpc) is 2.43. The Morgan fingerprint density at radius 2 is 2.10 bits per heavy atom. The number of pyridine rings is 1. The van der Waals surface area contributed by atoms with E-state index < -0.39 is 0 Å². The lowest BCUT2D eigenvalue weighted by Gasteiger charge is -2.42. The smallest absolute Gasteiger partial charge is 0.314 e. The van der Waals surface area contributed by atoms with Crippen molar-refractivity contribution in [3.8, 4) is 0 Å². The molecule has 0 aliphatic carbocycles. The molecule has 7 nitrogen and oxygen atoms in total. The van der Waals surface area contributed by atoms with E-state index in [1.807, 2.05) is 4.90 Å². The van der Waals surface area contributed by atoms with Crippen LogP contribution < -0.4 is 10.2 Å². The maximum Gasteiger partial charge on any atom is 0.314 e. The van der Waals surface area contributed by atoms with Gasteiger partial charge in [-0.3, -0.25) is 10.1 Å². The van der Waals surface area contributed by atoms with Crippen LogP contribution in [0.5, 0.6) is 0 Å². The minimum atomic E-state index is -0.336. The predicted octanol–water partition coefficient (Wildman–Crippen LogP) is 1.26. The first-order valence-electron chi connectivity index (χ1n) is 7.34. The summed E-state index contributed by atoms with van der Waals surface area (Å²) in [5.74, 6) is 0.491. The van der Waals surface area contributed by atoms with Crippen molar-refractivity contribution in [1.29, 1.82) is 0 Å². The Balaban J connectivity index is 1.61. The van der Waals surface area contributed by atoms with Gasteiger partial charge in [0, 0.05) is 50.1 Å². The van der Waals surface area contributed by atoms with Crippen molar-refractivity contribution in [3.63, 3.8) is 0 Å². The van der Waals surface area contributed by atoms with Crippen LogP contribution in [0.2, 0.25) is 0 Å². The number of nitrogens with one attached hydrogen (secondary N) is 1. The fourth-order valence-corrected chi connectivity index (χ4v) is 2.95. The Kier molecular flexibility index (Phi) is 4.03. The number of hydrogen-bond acceptors (Lipinski definition) is 6. The summed E-state index contributed by atoms with van der Waals surface area (Å²) in [6.45, 7) is 4.93. The van der Waals surface area contributed by atoms with Crippen molar-refractivity contribution in [3.05, 3.63) is 27.9 Å².